The molecule has 2 aliphatic rings. The lowest BCUT2D eigenvalue weighted by Crippen LogP contribution is -2.33. The lowest BCUT2D eigenvalue weighted by Gasteiger charge is -2.23. The highest BCUT2D eigenvalue weighted by molar-refractivity contribution is 5.97. The molecule has 0 radical (unpaired) electrons. The van der Waals surface area contributed by atoms with Crippen LogP contribution in [0.5, 0.6) is 0 Å². The number of anilines is 1. The van der Waals surface area contributed by atoms with Gasteiger partial charge in [0.1, 0.15) is 6.54 Å². The van der Waals surface area contributed by atoms with E-state index in [0.29, 0.717) is 5.69 Å². The maximum Gasteiger partial charge on any atom is 0.405 e. The van der Waals surface area contributed by atoms with E-state index in [1.54, 1.807) is 0 Å². The van der Waals surface area contributed by atoms with Crippen molar-refractivity contribution in [1.82, 2.24) is 10.6 Å². The van der Waals surface area contributed by atoms with Crippen molar-refractivity contribution in [3.63, 3.8) is 0 Å². The van der Waals surface area contributed by atoms with Gasteiger partial charge in [0.25, 0.3) is 5.91 Å². The number of hydrogen-bond acceptors (Lipinski definition) is 3. The van der Waals surface area contributed by atoms with Crippen LogP contribution in [0.25, 0.3) is 0 Å². The fourth-order valence-electron chi connectivity index (χ4n) is 3.41. The Morgan fingerprint density at radius 1 is 1.15 bits per heavy atom. The minimum atomic E-state index is -4.45. The molecule has 5 nitrogen and oxygen atoms in total. The SMILES string of the molecule is Cl.O=C(NCC(F)(F)F)c1ccc(NC(=O)C2CC23CCNCC3)cc1. The molecule has 0 aromatic heterocycles. The van der Waals surface area contributed by atoms with Crippen LogP contribution in [0.2, 0.25) is 0 Å². The standard InChI is InChI=1S/C17H20F3N3O2.ClH/c18-17(19,20)10-22-14(24)11-1-3-12(4-2-11)23-15(25)13-9-16(13)5-7-21-8-6-16;/h1-4,13,21H,5-10H2,(H,22,24)(H,23,25);1H. The minimum absolute atomic E-state index is 0. The Morgan fingerprint density at radius 3 is 2.35 bits per heavy atom. The second-order valence-corrected chi connectivity index (χ2v) is 6.73. The van der Waals surface area contributed by atoms with Gasteiger partial charge >= 0.3 is 6.18 Å². The van der Waals surface area contributed by atoms with E-state index in [0.717, 1.165) is 32.4 Å². The van der Waals surface area contributed by atoms with Crippen LogP contribution in [0.15, 0.2) is 24.3 Å². The summed E-state index contributed by atoms with van der Waals surface area (Å²) in [6.07, 6.45) is -1.54. The fourth-order valence-corrected chi connectivity index (χ4v) is 3.41. The number of benzene rings is 1. The highest BCUT2D eigenvalue weighted by atomic mass is 35.5. The van der Waals surface area contributed by atoms with Crippen molar-refractivity contribution >= 4 is 29.9 Å². The van der Waals surface area contributed by atoms with Gasteiger partial charge in [-0.1, -0.05) is 0 Å². The maximum absolute atomic E-state index is 12.3. The number of carbonyl (C=O) groups excluding carboxylic acids is 2. The first-order valence-corrected chi connectivity index (χ1v) is 8.26. The molecule has 1 spiro atoms. The van der Waals surface area contributed by atoms with Crippen molar-refractivity contribution in [2.75, 3.05) is 25.0 Å². The number of hydrogen-bond donors (Lipinski definition) is 3. The highest BCUT2D eigenvalue weighted by Gasteiger charge is 2.57. The zero-order chi connectivity index (χ0) is 18.1. The molecule has 1 unspecified atom stereocenters. The smallest absolute Gasteiger partial charge is 0.343 e. The Labute approximate surface area is 155 Å². The molecule has 0 bridgehead atoms. The van der Waals surface area contributed by atoms with Gasteiger partial charge in [-0.2, -0.15) is 13.2 Å². The molecular weight excluding hydrogens is 371 g/mol. The van der Waals surface area contributed by atoms with E-state index in [-0.39, 0.29) is 35.2 Å². The van der Waals surface area contributed by atoms with E-state index in [2.05, 4.69) is 10.6 Å². The quantitative estimate of drug-likeness (QED) is 0.739. The predicted octanol–water partition coefficient (Wildman–Crippen LogP) is 2.73. The van der Waals surface area contributed by atoms with Gasteiger partial charge in [-0.25, -0.2) is 0 Å². The molecule has 3 rings (SSSR count). The first-order chi connectivity index (χ1) is 11.8. The molecule has 144 valence electrons. The molecule has 1 aliphatic heterocycles. The van der Waals surface area contributed by atoms with Crippen LogP contribution in [-0.4, -0.2) is 37.6 Å². The summed E-state index contributed by atoms with van der Waals surface area (Å²) in [5, 5.41) is 7.92. The van der Waals surface area contributed by atoms with Crippen molar-refractivity contribution in [3.8, 4) is 0 Å². The number of nitrogens with one attached hydrogen (secondary N) is 3. The summed E-state index contributed by atoms with van der Waals surface area (Å²) in [5.74, 6) is -0.813. The average molecular weight is 392 g/mol. The molecule has 1 heterocycles. The zero-order valence-corrected chi connectivity index (χ0v) is 14.8. The Kier molecular flexibility index (Phi) is 6.18. The van der Waals surface area contributed by atoms with Gasteiger partial charge in [0.15, 0.2) is 0 Å². The molecular formula is C17H21ClF3N3O2. The van der Waals surface area contributed by atoms with E-state index in [1.807, 2.05) is 5.32 Å². The lowest BCUT2D eigenvalue weighted by molar-refractivity contribution is -0.123. The normalized spacial score (nSPS) is 20.8. The van der Waals surface area contributed by atoms with E-state index >= 15 is 0 Å². The largest absolute Gasteiger partial charge is 0.405 e. The maximum atomic E-state index is 12.3. The van der Waals surface area contributed by atoms with Crippen LogP contribution in [0, 0.1) is 11.3 Å². The number of amides is 2. The Morgan fingerprint density at radius 2 is 1.77 bits per heavy atom. The predicted molar refractivity (Wildman–Crippen MR) is 93.4 cm³/mol. The summed E-state index contributed by atoms with van der Waals surface area (Å²) in [7, 11) is 0. The summed E-state index contributed by atoms with van der Waals surface area (Å²) in [4.78, 5) is 24.0. The molecule has 9 heteroatoms. The van der Waals surface area contributed by atoms with Crippen LogP contribution >= 0.6 is 12.4 Å². The second-order valence-electron chi connectivity index (χ2n) is 6.73. The van der Waals surface area contributed by atoms with Crippen LogP contribution in [0.4, 0.5) is 18.9 Å². The number of piperidine rings is 1. The molecule has 1 aromatic carbocycles. The van der Waals surface area contributed by atoms with Crippen LogP contribution in [0.1, 0.15) is 29.6 Å². The van der Waals surface area contributed by atoms with Crippen molar-refractivity contribution in [3.05, 3.63) is 29.8 Å². The van der Waals surface area contributed by atoms with Gasteiger partial charge in [-0.3, -0.25) is 9.59 Å². The van der Waals surface area contributed by atoms with E-state index < -0.39 is 18.6 Å². The topological polar surface area (TPSA) is 70.2 Å². The van der Waals surface area contributed by atoms with E-state index in [1.165, 1.54) is 24.3 Å². The second kappa shape index (κ2) is 7.84. The summed E-state index contributed by atoms with van der Waals surface area (Å²) < 4.78 is 36.3. The number of rotatable bonds is 4. The molecule has 2 amide bonds. The van der Waals surface area contributed by atoms with Crippen molar-refractivity contribution < 1.29 is 22.8 Å². The van der Waals surface area contributed by atoms with Gasteiger partial charge in [0.2, 0.25) is 5.91 Å². The number of carbonyl (C=O) groups is 2. The van der Waals surface area contributed by atoms with Gasteiger partial charge in [0, 0.05) is 17.2 Å². The summed E-state index contributed by atoms with van der Waals surface area (Å²) >= 11 is 0. The van der Waals surface area contributed by atoms with E-state index in [9.17, 15) is 22.8 Å². The van der Waals surface area contributed by atoms with Gasteiger partial charge in [-0.15, -0.1) is 12.4 Å². The fraction of sp³-hybridized carbons (Fsp3) is 0.529. The zero-order valence-electron chi connectivity index (χ0n) is 14.0. The Bertz CT molecular complexity index is 658. The van der Waals surface area contributed by atoms with Gasteiger partial charge in [0.05, 0.1) is 0 Å². The third-order valence-corrected chi connectivity index (χ3v) is 4.97. The highest BCUT2D eigenvalue weighted by Crippen LogP contribution is 2.58. The lowest BCUT2D eigenvalue weighted by atomic mass is 9.92. The Balaban J connectivity index is 0.00000243. The minimum Gasteiger partial charge on any atom is -0.343 e. The van der Waals surface area contributed by atoms with Crippen LogP contribution in [-0.2, 0) is 4.79 Å². The van der Waals surface area contributed by atoms with Gasteiger partial charge in [-0.05, 0) is 62.0 Å². The molecule has 1 aromatic rings. The summed E-state index contributed by atoms with van der Waals surface area (Å²) in [6.45, 7) is 0.500. The van der Waals surface area contributed by atoms with Crippen molar-refractivity contribution in [1.29, 1.82) is 0 Å². The number of alkyl halides is 3. The molecule has 1 saturated heterocycles. The number of halogens is 4. The molecule has 1 saturated carbocycles. The van der Waals surface area contributed by atoms with Crippen molar-refractivity contribution in [2.45, 2.75) is 25.4 Å². The third kappa shape index (κ3) is 4.88. The first-order valence-electron chi connectivity index (χ1n) is 8.26. The molecule has 3 N–H and O–H groups in total. The van der Waals surface area contributed by atoms with Crippen molar-refractivity contribution in [2.24, 2.45) is 11.3 Å². The molecule has 1 aliphatic carbocycles. The molecule has 2 fully saturated rings. The summed E-state index contributed by atoms with van der Waals surface area (Å²) in [6, 6.07) is 5.85. The molecule has 1 atom stereocenters. The van der Waals surface area contributed by atoms with Crippen LogP contribution in [0.3, 0.4) is 0 Å². The monoisotopic (exact) mass is 391 g/mol. The van der Waals surface area contributed by atoms with E-state index in [4.69, 9.17) is 0 Å². The van der Waals surface area contributed by atoms with Gasteiger partial charge < -0.3 is 16.0 Å². The first kappa shape index (κ1) is 20.5. The Hall–Kier alpha value is -1.80. The molecule has 26 heavy (non-hydrogen) atoms. The van der Waals surface area contributed by atoms with Crippen LogP contribution < -0.4 is 16.0 Å². The summed E-state index contributed by atoms with van der Waals surface area (Å²) in [5.41, 5.74) is 0.782. The third-order valence-electron chi connectivity index (χ3n) is 4.97. The average Bonchev–Trinajstić information content (AvgIpc) is 3.26.